The Kier molecular flexibility index (Phi) is 4.41. The molecule has 1 saturated heterocycles. The third-order valence-electron chi connectivity index (χ3n) is 2.95. The van der Waals surface area contributed by atoms with Crippen LogP contribution in [0.1, 0.15) is 30.3 Å². The molecule has 0 aromatic carbocycles. The summed E-state index contributed by atoms with van der Waals surface area (Å²) in [5, 5.41) is 3.47. The molecule has 1 N–H and O–H groups in total. The number of halogens is 2. The van der Waals surface area contributed by atoms with Gasteiger partial charge in [0.2, 0.25) is 0 Å². The summed E-state index contributed by atoms with van der Waals surface area (Å²) in [6, 6.07) is 3.15. The molecule has 1 atom stereocenters. The van der Waals surface area contributed by atoms with Gasteiger partial charge < -0.3 is 5.32 Å². The molecule has 1 aromatic rings. The molecule has 2 heterocycles. The largest absolute Gasteiger partial charge is 0.349 e. The van der Waals surface area contributed by atoms with E-state index in [1.165, 1.54) is 6.42 Å². The fourth-order valence-corrected chi connectivity index (χ4v) is 3.49. The Hall–Kier alpha value is -0.450. The Bertz CT molecular complexity index is 461. The molecule has 0 spiro atoms. The van der Waals surface area contributed by atoms with Crippen molar-refractivity contribution in [3.8, 4) is 0 Å². The molecule has 0 saturated carbocycles. The van der Waals surface area contributed by atoms with Gasteiger partial charge in [-0.2, -0.15) is 11.8 Å². The second-order valence-corrected chi connectivity index (χ2v) is 7.03. The van der Waals surface area contributed by atoms with Crippen molar-refractivity contribution in [2.24, 2.45) is 0 Å². The second-order valence-electron chi connectivity index (χ2n) is 4.55. The SMILES string of the molecule is CC1(CNC(=O)c2nc(Cl)ccc2Cl)CCCS1. The van der Waals surface area contributed by atoms with Crippen molar-refractivity contribution < 1.29 is 4.79 Å². The zero-order chi connectivity index (χ0) is 13.2. The Morgan fingerprint density at radius 1 is 1.56 bits per heavy atom. The molecule has 1 unspecified atom stereocenters. The maximum atomic E-state index is 12.0. The van der Waals surface area contributed by atoms with Gasteiger partial charge in [0.25, 0.3) is 5.91 Å². The first-order valence-electron chi connectivity index (χ1n) is 5.74. The molecular formula is C12H14Cl2N2OS. The Labute approximate surface area is 121 Å². The third kappa shape index (κ3) is 3.31. The number of nitrogens with one attached hydrogen (secondary N) is 1. The van der Waals surface area contributed by atoms with Crippen LogP contribution in [0.15, 0.2) is 12.1 Å². The highest BCUT2D eigenvalue weighted by atomic mass is 35.5. The van der Waals surface area contributed by atoms with E-state index >= 15 is 0 Å². The summed E-state index contributed by atoms with van der Waals surface area (Å²) in [6.45, 7) is 2.79. The molecule has 0 radical (unpaired) electrons. The number of hydrogen-bond acceptors (Lipinski definition) is 3. The molecule has 6 heteroatoms. The summed E-state index contributed by atoms with van der Waals surface area (Å²) in [7, 11) is 0. The van der Waals surface area contributed by atoms with Crippen LogP contribution < -0.4 is 5.32 Å². The van der Waals surface area contributed by atoms with Crippen LogP contribution in [-0.2, 0) is 0 Å². The molecule has 1 aromatic heterocycles. The predicted molar refractivity (Wildman–Crippen MR) is 76.7 cm³/mol. The summed E-state index contributed by atoms with van der Waals surface area (Å²) in [5.41, 5.74) is 0.191. The van der Waals surface area contributed by atoms with Gasteiger partial charge in [0, 0.05) is 11.3 Å². The lowest BCUT2D eigenvalue weighted by Gasteiger charge is -2.22. The van der Waals surface area contributed by atoms with Crippen molar-refractivity contribution >= 4 is 40.9 Å². The summed E-state index contributed by atoms with van der Waals surface area (Å²) in [6.07, 6.45) is 2.32. The number of thioether (sulfide) groups is 1. The molecule has 1 amide bonds. The standard InChI is InChI=1S/C12H14Cl2N2OS/c1-12(5-2-6-18-12)7-15-11(17)10-8(13)3-4-9(14)16-10/h3-4H,2,5-7H2,1H3,(H,15,17). The van der Waals surface area contributed by atoms with Gasteiger partial charge >= 0.3 is 0 Å². The maximum absolute atomic E-state index is 12.0. The van der Waals surface area contributed by atoms with Crippen molar-refractivity contribution in [2.75, 3.05) is 12.3 Å². The van der Waals surface area contributed by atoms with Crippen molar-refractivity contribution in [2.45, 2.75) is 24.5 Å². The third-order valence-corrected chi connectivity index (χ3v) is 5.00. The highest BCUT2D eigenvalue weighted by Crippen LogP contribution is 2.37. The zero-order valence-electron chi connectivity index (χ0n) is 10.0. The van der Waals surface area contributed by atoms with E-state index in [1.54, 1.807) is 12.1 Å². The molecule has 98 valence electrons. The van der Waals surface area contributed by atoms with Crippen molar-refractivity contribution in [3.05, 3.63) is 28.0 Å². The molecule has 0 aliphatic carbocycles. The van der Waals surface area contributed by atoms with Crippen molar-refractivity contribution in [1.29, 1.82) is 0 Å². The molecule has 3 nitrogen and oxygen atoms in total. The second kappa shape index (κ2) is 5.68. The lowest BCUT2D eigenvalue weighted by Crippen LogP contribution is -2.37. The van der Waals surface area contributed by atoms with E-state index in [1.807, 2.05) is 11.8 Å². The number of carbonyl (C=O) groups excluding carboxylic acids is 1. The smallest absolute Gasteiger partial charge is 0.271 e. The minimum atomic E-state index is -0.267. The normalized spacial score (nSPS) is 23.1. The van der Waals surface area contributed by atoms with Crippen LogP contribution in [0.5, 0.6) is 0 Å². The molecule has 18 heavy (non-hydrogen) atoms. The van der Waals surface area contributed by atoms with Crippen molar-refractivity contribution in [3.63, 3.8) is 0 Å². The van der Waals surface area contributed by atoms with E-state index in [-0.39, 0.29) is 21.5 Å². The van der Waals surface area contributed by atoms with Gasteiger partial charge in [-0.15, -0.1) is 0 Å². The fourth-order valence-electron chi connectivity index (χ4n) is 1.90. The summed E-state index contributed by atoms with van der Waals surface area (Å²) in [5.74, 6) is 0.888. The predicted octanol–water partition coefficient (Wildman–Crippen LogP) is 3.40. The molecule has 0 bridgehead atoms. The average Bonchev–Trinajstić information content (AvgIpc) is 2.77. The first kappa shape index (κ1) is 14.0. The minimum Gasteiger partial charge on any atom is -0.349 e. The van der Waals surface area contributed by atoms with Crippen LogP contribution in [0, 0.1) is 0 Å². The van der Waals surface area contributed by atoms with Gasteiger partial charge in [-0.25, -0.2) is 4.98 Å². The molecular weight excluding hydrogens is 291 g/mol. The topological polar surface area (TPSA) is 42.0 Å². The molecule has 1 fully saturated rings. The van der Waals surface area contributed by atoms with Crippen LogP contribution in [0.4, 0.5) is 0 Å². The summed E-state index contributed by atoms with van der Waals surface area (Å²) < 4.78 is 0.126. The quantitative estimate of drug-likeness (QED) is 0.870. The number of hydrogen-bond donors (Lipinski definition) is 1. The monoisotopic (exact) mass is 304 g/mol. The number of aromatic nitrogens is 1. The number of rotatable bonds is 3. The highest BCUT2D eigenvalue weighted by Gasteiger charge is 2.30. The first-order chi connectivity index (χ1) is 8.50. The van der Waals surface area contributed by atoms with Crippen LogP contribution in [0.3, 0.4) is 0 Å². The van der Waals surface area contributed by atoms with Gasteiger partial charge in [0.1, 0.15) is 10.8 Å². The van der Waals surface area contributed by atoms with Crippen LogP contribution in [-0.4, -0.2) is 27.9 Å². The summed E-state index contributed by atoms with van der Waals surface area (Å²) in [4.78, 5) is 15.9. The van der Waals surface area contributed by atoms with Gasteiger partial charge in [-0.3, -0.25) is 4.79 Å². The van der Waals surface area contributed by atoms with Crippen LogP contribution >= 0.6 is 35.0 Å². The Balaban J connectivity index is 2.01. The van der Waals surface area contributed by atoms with Gasteiger partial charge in [-0.1, -0.05) is 23.2 Å². The van der Waals surface area contributed by atoms with Crippen LogP contribution in [0.2, 0.25) is 10.2 Å². The molecule has 2 rings (SSSR count). The Morgan fingerprint density at radius 3 is 3.00 bits per heavy atom. The summed E-state index contributed by atoms with van der Waals surface area (Å²) >= 11 is 13.6. The van der Waals surface area contributed by atoms with E-state index in [2.05, 4.69) is 17.2 Å². The van der Waals surface area contributed by atoms with Gasteiger partial charge in [0.05, 0.1) is 5.02 Å². The minimum absolute atomic E-state index is 0.126. The van der Waals surface area contributed by atoms with E-state index in [9.17, 15) is 4.79 Å². The van der Waals surface area contributed by atoms with Gasteiger partial charge in [-0.05, 0) is 37.7 Å². The number of amides is 1. The van der Waals surface area contributed by atoms with Crippen LogP contribution in [0.25, 0.3) is 0 Å². The number of nitrogens with zero attached hydrogens (tertiary/aromatic N) is 1. The maximum Gasteiger partial charge on any atom is 0.271 e. The molecule has 1 aliphatic rings. The first-order valence-corrected chi connectivity index (χ1v) is 7.48. The van der Waals surface area contributed by atoms with Crippen molar-refractivity contribution in [1.82, 2.24) is 10.3 Å². The number of carbonyl (C=O) groups is 1. The lowest BCUT2D eigenvalue weighted by molar-refractivity contribution is 0.0945. The molecule has 1 aliphatic heterocycles. The van der Waals surface area contributed by atoms with E-state index in [4.69, 9.17) is 23.2 Å². The van der Waals surface area contributed by atoms with E-state index < -0.39 is 0 Å². The fraction of sp³-hybridized carbons (Fsp3) is 0.500. The highest BCUT2D eigenvalue weighted by molar-refractivity contribution is 8.00. The average molecular weight is 305 g/mol. The Morgan fingerprint density at radius 2 is 2.33 bits per heavy atom. The lowest BCUT2D eigenvalue weighted by atomic mass is 10.1. The zero-order valence-corrected chi connectivity index (χ0v) is 12.3. The number of pyridine rings is 1. The van der Waals surface area contributed by atoms with E-state index in [0.717, 1.165) is 12.2 Å². The van der Waals surface area contributed by atoms with E-state index in [0.29, 0.717) is 11.6 Å². The van der Waals surface area contributed by atoms with Gasteiger partial charge in [0.15, 0.2) is 0 Å².